The summed E-state index contributed by atoms with van der Waals surface area (Å²) in [6.45, 7) is 8.54. The van der Waals surface area contributed by atoms with Gasteiger partial charge in [0.15, 0.2) is 0 Å². The Morgan fingerprint density at radius 3 is 2.68 bits per heavy atom. The Morgan fingerprint density at radius 2 is 2.21 bits per heavy atom. The second kappa shape index (κ2) is 6.34. The number of nitrogens with zero attached hydrogens (tertiary/aromatic N) is 2. The fraction of sp³-hybridized carbons (Fsp3) is 0.692. The minimum absolute atomic E-state index is 0.0200. The van der Waals surface area contributed by atoms with Crippen molar-refractivity contribution in [2.75, 3.05) is 20.2 Å². The fourth-order valence-corrected chi connectivity index (χ4v) is 2.49. The Labute approximate surface area is 118 Å². The molecule has 0 aliphatic rings. The maximum absolute atomic E-state index is 11.8. The number of hydrogen-bond donors (Lipinski definition) is 2. The third kappa shape index (κ3) is 4.47. The number of aromatic nitrogens is 1. The lowest BCUT2D eigenvalue weighted by Crippen LogP contribution is -2.39. The number of thiazole rings is 1. The Morgan fingerprint density at radius 1 is 1.58 bits per heavy atom. The smallest absolute Gasteiger partial charge is 0.317 e. The lowest BCUT2D eigenvalue weighted by atomic mass is 9.93. The summed E-state index contributed by atoms with van der Waals surface area (Å²) in [4.78, 5) is 17.8. The zero-order chi connectivity index (χ0) is 14.6. The number of likely N-dealkylation sites (N-methyl/N-ethyl adjacent to an activating group) is 1. The second-order valence-electron chi connectivity index (χ2n) is 5.64. The first-order valence-electron chi connectivity index (χ1n) is 6.34. The Kier molecular flexibility index (Phi) is 5.31. The highest BCUT2D eigenvalue weighted by atomic mass is 32.1. The number of amides is 2. The molecular formula is C13H23N3O2S. The van der Waals surface area contributed by atoms with Crippen molar-refractivity contribution in [1.29, 1.82) is 0 Å². The van der Waals surface area contributed by atoms with Crippen LogP contribution in [0.1, 0.15) is 44.4 Å². The lowest BCUT2D eigenvalue weighted by Gasteiger charge is -2.19. The monoisotopic (exact) mass is 285 g/mol. The molecule has 0 aliphatic heterocycles. The van der Waals surface area contributed by atoms with Gasteiger partial charge in [0.1, 0.15) is 5.01 Å². The van der Waals surface area contributed by atoms with Crippen molar-refractivity contribution in [3.05, 3.63) is 16.1 Å². The summed E-state index contributed by atoms with van der Waals surface area (Å²) >= 11 is 1.56. The molecule has 1 heterocycles. The van der Waals surface area contributed by atoms with Crippen molar-refractivity contribution in [2.24, 2.45) is 0 Å². The van der Waals surface area contributed by atoms with Crippen LogP contribution in [-0.4, -0.2) is 41.2 Å². The Bertz CT molecular complexity index is 426. The van der Waals surface area contributed by atoms with Gasteiger partial charge in [0, 0.05) is 24.4 Å². The molecule has 0 saturated heterocycles. The van der Waals surface area contributed by atoms with E-state index in [2.05, 4.69) is 31.1 Å². The molecule has 5 nitrogen and oxygen atoms in total. The molecule has 0 aliphatic carbocycles. The normalized spacial score (nSPS) is 13.2. The van der Waals surface area contributed by atoms with Gasteiger partial charge in [-0.2, -0.15) is 0 Å². The third-order valence-electron chi connectivity index (χ3n) is 2.78. The molecule has 0 bridgehead atoms. The van der Waals surface area contributed by atoms with E-state index in [1.54, 1.807) is 18.4 Å². The standard InChI is InChI=1S/C13H23N3O2S/c1-9(14-12(18)16(5)6-7-17)11-15-10(8-19-11)13(2,3)4/h8-9,17H,6-7H2,1-5H3,(H,14,18). The minimum Gasteiger partial charge on any atom is -0.395 e. The van der Waals surface area contributed by atoms with Crippen molar-refractivity contribution in [1.82, 2.24) is 15.2 Å². The van der Waals surface area contributed by atoms with Crippen molar-refractivity contribution in [3.63, 3.8) is 0 Å². The van der Waals surface area contributed by atoms with E-state index >= 15 is 0 Å². The third-order valence-corrected chi connectivity index (χ3v) is 3.81. The van der Waals surface area contributed by atoms with E-state index in [0.29, 0.717) is 6.54 Å². The van der Waals surface area contributed by atoms with Crippen LogP contribution in [0, 0.1) is 0 Å². The molecule has 0 aromatic carbocycles. The quantitative estimate of drug-likeness (QED) is 0.890. The van der Waals surface area contributed by atoms with Crippen molar-refractivity contribution >= 4 is 17.4 Å². The summed E-state index contributed by atoms with van der Waals surface area (Å²) in [5, 5.41) is 14.6. The molecule has 1 aromatic heterocycles. The zero-order valence-electron chi connectivity index (χ0n) is 12.2. The number of aliphatic hydroxyl groups is 1. The molecule has 108 valence electrons. The van der Waals surface area contributed by atoms with Crippen molar-refractivity contribution < 1.29 is 9.90 Å². The number of urea groups is 1. The molecule has 6 heteroatoms. The van der Waals surface area contributed by atoms with Gasteiger partial charge in [0.2, 0.25) is 0 Å². The predicted octanol–water partition coefficient (Wildman–Crippen LogP) is 2.14. The van der Waals surface area contributed by atoms with Crippen LogP contribution in [0.3, 0.4) is 0 Å². The van der Waals surface area contributed by atoms with Gasteiger partial charge in [-0.25, -0.2) is 9.78 Å². The molecule has 1 unspecified atom stereocenters. The minimum atomic E-state index is -0.200. The predicted molar refractivity (Wildman–Crippen MR) is 77.5 cm³/mol. The number of carbonyl (C=O) groups excluding carboxylic acids is 1. The average Bonchev–Trinajstić information content (AvgIpc) is 2.78. The van der Waals surface area contributed by atoms with Crippen LogP contribution < -0.4 is 5.32 Å². The van der Waals surface area contributed by atoms with Gasteiger partial charge < -0.3 is 15.3 Å². The van der Waals surface area contributed by atoms with Gasteiger partial charge in [0.25, 0.3) is 0 Å². The van der Waals surface area contributed by atoms with E-state index < -0.39 is 0 Å². The largest absolute Gasteiger partial charge is 0.395 e. The first kappa shape index (κ1) is 15.9. The molecule has 0 radical (unpaired) electrons. The van der Waals surface area contributed by atoms with Crippen LogP contribution >= 0.6 is 11.3 Å². The maximum Gasteiger partial charge on any atom is 0.317 e. The number of rotatable bonds is 4. The molecule has 1 aromatic rings. The van der Waals surface area contributed by atoms with Gasteiger partial charge in [-0.1, -0.05) is 20.8 Å². The van der Waals surface area contributed by atoms with Crippen molar-refractivity contribution in [3.8, 4) is 0 Å². The van der Waals surface area contributed by atoms with Crippen LogP contribution in [0.15, 0.2) is 5.38 Å². The van der Waals surface area contributed by atoms with E-state index in [-0.39, 0.29) is 24.1 Å². The highest BCUT2D eigenvalue weighted by Crippen LogP contribution is 2.26. The van der Waals surface area contributed by atoms with Crippen LogP contribution in [0.4, 0.5) is 4.79 Å². The molecule has 2 amide bonds. The van der Waals surface area contributed by atoms with Gasteiger partial charge in [-0.3, -0.25) is 0 Å². The molecule has 19 heavy (non-hydrogen) atoms. The zero-order valence-corrected chi connectivity index (χ0v) is 13.0. The number of aliphatic hydroxyl groups excluding tert-OH is 1. The Hall–Kier alpha value is -1.14. The first-order chi connectivity index (χ1) is 8.75. The highest BCUT2D eigenvalue weighted by Gasteiger charge is 2.20. The van der Waals surface area contributed by atoms with Crippen molar-refractivity contribution in [2.45, 2.75) is 39.2 Å². The number of hydrogen-bond acceptors (Lipinski definition) is 4. The molecule has 1 atom stereocenters. The molecule has 1 rings (SSSR count). The summed E-state index contributed by atoms with van der Waals surface area (Å²) < 4.78 is 0. The molecule has 0 spiro atoms. The van der Waals surface area contributed by atoms with Gasteiger partial charge in [0.05, 0.1) is 18.3 Å². The van der Waals surface area contributed by atoms with Crippen LogP contribution in [0.25, 0.3) is 0 Å². The Balaban J connectivity index is 2.66. The number of carbonyl (C=O) groups is 1. The van der Waals surface area contributed by atoms with E-state index in [9.17, 15) is 4.79 Å². The van der Waals surface area contributed by atoms with E-state index in [1.807, 2.05) is 12.3 Å². The van der Waals surface area contributed by atoms with Gasteiger partial charge >= 0.3 is 6.03 Å². The first-order valence-corrected chi connectivity index (χ1v) is 7.22. The maximum atomic E-state index is 11.8. The van der Waals surface area contributed by atoms with Crippen LogP contribution in [-0.2, 0) is 5.41 Å². The molecule has 0 fully saturated rings. The van der Waals surface area contributed by atoms with Gasteiger partial charge in [-0.05, 0) is 6.92 Å². The topological polar surface area (TPSA) is 65.5 Å². The van der Waals surface area contributed by atoms with E-state index in [4.69, 9.17) is 5.11 Å². The summed E-state index contributed by atoms with van der Waals surface area (Å²) in [7, 11) is 1.65. The van der Waals surface area contributed by atoms with E-state index in [1.165, 1.54) is 4.90 Å². The average molecular weight is 285 g/mol. The SMILES string of the molecule is CC(NC(=O)N(C)CCO)c1nc(C(C)(C)C)cs1. The summed E-state index contributed by atoms with van der Waals surface area (Å²) in [5.41, 5.74) is 1.06. The molecular weight excluding hydrogens is 262 g/mol. The molecule has 2 N–H and O–H groups in total. The van der Waals surface area contributed by atoms with Crippen LogP contribution in [0.2, 0.25) is 0 Å². The van der Waals surface area contributed by atoms with Crippen LogP contribution in [0.5, 0.6) is 0 Å². The fourth-order valence-electron chi connectivity index (χ4n) is 1.44. The number of nitrogens with one attached hydrogen (secondary N) is 1. The summed E-state index contributed by atoms with van der Waals surface area (Å²) in [6.07, 6.45) is 0. The van der Waals surface area contributed by atoms with E-state index in [0.717, 1.165) is 10.7 Å². The summed E-state index contributed by atoms with van der Waals surface area (Å²) in [5.74, 6) is 0. The van der Waals surface area contributed by atoms with Gasteiger partial charge in [-0.15, -0.1) is 11.3 Å². The lowest BCUT2D eigenvalue weighted by molar-refractivity contribution is 0.188. The highest BCUT2D eigenvalue weighted by molar-refractivity contribution is 7.09. The summed E-state index contributed by atoms with van der Waals surface area (Å²) in [6, 6.07) is -0.330. The molecule has 0 saturated carbocycles. The second-order valence-corrected chi connectivity index (χ2v) is 6.53.